The number of aryl methyl sites for hydroxylation is 1. The molecule has 7 nitrogen and oxygen atoms in total. The summed E-state index contributed by atoms with van der Waals surface area (Å²) >= 11 is 0. The molecule has 3 aromatic rings. The number of likely N-dealkylation sites (tertiary alicyclic amines) is 1. The molecule has 1 saturated heterocycles. The van der Waals surface area contributed by atoms with Crippen LogP contribution in [0.2, 0.25) is 0 Å². The van der Waals surface area contributed by atoms with E-state index in [2.05, 4.69) is 22.2 Å². The number of nitrogens with zero attached hydrogens (tertiary/aromatic N) is 4. The van der Waals surface area contributed by atoms with Crippen LogP contribution < -0.4 is 10.9 Å². The van der Waals surface area contributed by atoms with Crippen LogP contribution in [0, 0.1) is 0 Å². The summed E-state index contributed by atoms with van der Waals surface area (Å²) in [6, 6.07) is 7.94. The molecule has 0 spiro atoms. The van der Waals surface area contributed by atoms with Gasteiger partial charge >= 0.3 is 0 Å². The van der Waals surface area contributed by atoms with Crippen molar-refractivity contribution in [2.24, 2.45) is 7.05 Å². The molecular formula is C23H31N5O2. The van der Waals surface area contributed by atoms with Gasteiger partial charge in [-0.1, -0.05) is 24.6 Å². The summed E-state index contributed by atoms with van der Waals surface area (Å²) in [7, 11) is 1.64. The topological polar surface area (TPSA) is 72.2 Å². The van der Waals surface area contributed by atoms with Crippen LogP contribution in [-0.2, 0) is 11.8 Å². The van der Waals surface area contributed by atoms with Crippen LogP contribution in [0.15, 0.2) is 35.3 Å². The number of rotatable bonds is 6. The summed E-state index contributed by atoms with van der Waals surface area (Å²) in [6.45, 7) is 6.95. The first kappa shape index (κ1) is 20.6. The van der Waals surface area contributed by atoms with Crippen molar-refractivity contribution in [1.82, 2.24) is 24.6 Å². The molecule has 2 aromatic heterocycles. The number of piperidine rings is 1. The highest BCUT2D eigenvalue weighted by Gasteiger charge is 2.23. The van der Waals surface area contributed by atoms with Gasteiger partial charge in [0.15, 0.2) is 0 Å². The quantitative estimate of drug-likeness (QED) is 0.636. The Balaban J connectivity index is 1.52. The third-order valence-electron chi connectivity index (χ3n) is 6.43. The summed E-state index contributed by atoms with van der Waals surface area (Å²) in [4.78, 5) is 28.3. The van der Waals surface area contributed by atoms with Crippen molar-refractivity contribution in [2.45, 2.75) is 51.6 Å². The zero-order valence-electron chi connectivity index (χ0n) is 18.1. The smallest absolute Gasteiger partial charge is 0.291 e. The Morgan fingerprint density at radius 3 is 2.87 bits per heavy atom. The van der Waals surface area contributed by atoms with Crippen LogP contribution in [0.5, 0.6) is 0 Å². The predicted molar refractivity (Wildman–Crippen MR) is 120 cm³/mol. The van der Waals surface area contributed by atoms with Crippen LogP contribution in [0.1, 0.15) is 45.6 Å². The number of amides is 1. The van der Waals surface area contributed by atoms with Gasteiger partial charge in [-0.25, -0.2) is 4.68 Å². The molecule has 1 aliphatic heterocycles. The molecule has 1 N–H and O–H groups in total. The maximum Gasteiger partial charge on any atom is 0.291 e. The van der Waals surface area contributed by atoms with Crippen molar-refractivity contribution in [1.29, 1.82) is 0 Å². The lowest BCUT2D eigenvalue weighted by atomic mass is 10.0. The van der Waals surface area contributed by atoms with Crippen molar-refractivity contribution in [3.8, 4) is 0 Å². The normalized spacial score (nSPS) is 18.7. The third-order valence-corrected chi connectivity index (χ3v) is 6.43. The molecule has 0 bridgehead atoms. The fourth-order valence-corrected chi connectivity index (χ4v) is 4.64. The lowest BCUT2D eigenvalue weighted by Crippen LogP contribution is -2.39. The van der Waals surface area contributed by atoms with Gasteiger partial charge in [0.2, 0.25) is 5.91 Å². The Hall–Kier alpha value is -2.67. The van der Waals surface area contributed by atoms with Crippen LogP contribution in [0.25, 0.3) is 21.8 Å². The van der Waals surface area contributed by atoms with Crippen molar-refractivity contribution in [3.05, 3.63) is 40.8 Å². The number of carbonyl (C=O) groups excluding carboxylic acids is 1. The molecule has 0 saturated carbocycles. The molecule has 1 aliphatic rings. The second-order valence-corrected chi connectivity index (χ2v) is 8.42. The van der Waals surface area contributed by atoms with E-state index in [9.17, 15) is 9.59 Å². The van der Waals surface area contributed by atoms with Crippen molar-refractivity contribution in [3.63, 3.8) is 0 Å². The molecule has 160 valence electrons. The Morgan fingerprint density at radius 1 is 1.27 bits per heavy atom. The highest BCUT2D eigenvalue weighted by molar-refractivity contribution is 6.08. The molecular weight excluding hydrogens is 378 g/mol. The molecule has 30 heavy (non-hydrogen) atoms. The van der Waals surface area contributed by atoms with Gasteiger partial charge in [0, 0.05) is 37.0 Å². The van der Waals surface area contributed by atoms with E-state index >= 15 is 0 Å². The highest BCUT2D eigenvalue weighted by Crippen LogP contribution is 2.29. The van der Waals surface area contributed by atoms with Crippen LogP contribution in [-0.4, -0.2) is 50.8 Å². The molecule has 2 atom stereocenters. The van der Waals surface area contributed by atoms with Gasteiger partial charge in [0.05, 0.1) is 11.7 Å². The lowest BCUT2D eigenvalue weighted by molar-refractivity contribution is -0.123. The average molecular weight is 410 g/mol. The maximum atomic E-state index is 13.0. The average Bonchev–Trinajstić information content (AvgIpc) is 3.09. The number of hydrogen-bond donors (Lipinski definition) is 1. The van der Waals surface area contributed by atoms with E-state index in [1.165, 1.54) is 23.9 Å². The molecule has 1 aromatic carbocycles. The number of nitrogens with one attached hydrogen (secondary N) is 1. The van der Waals surface area contributed by atoms with Gasteiger partial charge in [-0.2, -0.15) is 5.10 Å². The van der Waals surface area contributed by atoms with Crippen molar-refractivity contribution >= 4 is 27.7 Å². The first-order valence-corrected chi connectivity index (χ1v) is 11.0. The van der Waals surface area contributed by atoms with Gasteiger partial charge in [0.1, 0.15) is 11.6 Å². The summed E-state index contributed by atoms with van der Waals surface area (Å²) in [5.41, 5.74) is 1.21. The van der Waals surface area contributed by atoms with Gasteiger partial charge in [-0.05, 0) is 45.7 Å². The van der Waals surface area contributed by atoms with E-state index in [0.29, 0.717) is 18.1 Å². The third kappa shape index (κ3) is 3.74. The first-order valence-electron chi connectivity index (χ1n) is 11.0. The Kier molecular flexibility index (Phi) is 5.90. The highest BCUT2D eigenvalue weighted by atomic mass is 16.2. The second-order valence-electron chi connectivity index (χ2n) is 8.42. The molecule has 3 heterocycles. The number of benzene rings is 1. The van der Waals surface area contributed by atoms with E-state index in [1.54, 1.807) is 13.2 Å². The van der Waals surface area contributed by atoms with Crippen LogP contribution in [0.3, 0.4) is 0 Å². The van der Waals surface area contributed by atoms with Gasteiger partial charge in [0.25, 0.3) is 5.56 Å². The number of carbonyl (C=O) groups is 1. The Labute approximate surface area is 176 Å². The van der Waals surface area contributed by atoms with E-state index in [1.807, 2.05) is 35.8 Å². The van der Waals surface area contributed by atoms with E-state index in [4.69, 9.17) is 0 Å². The van der Waals surface area contributed by atoms with Crippen molar-refractivity contribution < 1.29 is 4.79 Å². The summed E-state index contributed by atoms with van der Waals surface area (Å²) in [5, 5.41) is 8.97. The zero-order valence-corrected chi connectivity index (χ0v) is 18.1. The summed E-state index contributed by atoms with van der Waals surface area (Å²) < 4.78 is 3.18. The molecule has 4 rings (SSSR count). The summed E-state index contributed by atoms with van der Waals surface area (Å²) in [5.74, 6) is -0.0665. The van der Waals surface area contributed by atoms with Crippen LogP contribution >= 0.6 is 0 Å². The number of para-hydroxylation sites is 1. The Morgan fingerprint density at radius 2 is 2.07 bits per heavy atom. The molecule has 1 fully saturated rings. The minimum atomic E-state index is -0.489. The predicted octanol–water partition coefficient (Wildman–Crippen LogP) is 2.83. The van der Waals surface area contributed by atoms with Gasteiger partial charge < -0.3 is 14.8 Å². The number of aromatic nitrogens is 3. The van der Waals surface area contributed by atoms with E-state index < -0.39 is 6.04 Å². The second kappa shape index (κ2) is 8.60. The van der Waals surface area contributed by atoms with Gasteiger partial charge in [-0.15, -0.1) is 0 Å². The fraction of sp³-hybridized carbons (Fsp3) is 0.522. The standard InChI is InChI=1S/C23H31N5O2/c1-16-9-6-7-13-27(16)14-8-12-24-22(29)17(2)28-20-11-5-4-10-18(20)19-15-25-26(3)23(30)21(19)28/h4-5,10-11,15-17H,6-9,12-14H2,1-3H3,(H,24,29)/t16-,17-/m1/s1. The van der Waals surface area contributed by atoms with Crippen molar-refractivity contribution in [2.75, 3.05) is 19.6 Å². The minimum Gasteiger partial charge on any atom is -0.354 e. The molecule has 0 radical (unpaired) electrons. The number of fused-ring (bicyclic) bond motifs is 3. The Bertz CT molecular complexity index is 1120. The molecule has 1 amide bonds. The van der Waals surface area contributed by atoms with Crippen LogP contribution in [0.4, 0.5) is 0 Å². The first-order chi connectivity index (χ1) is 14.5. The largest absolute Gasteiger partial charge is 0.354 e. The van der Waals surface area contributed by atoms with E-state index in [0.717, 1.165) is 35.8 Å². The number of hydrogen-bond acceptors (Lipinski definition) is 4. The summed E-state index contributed by atoms with van der Waals surface area (Å²) in [6.07, 6.45) is 6.49. The monoisotopic (exact) mass is 409 g/mol. The van der Waals surface area contributed by atoms with Gasteiger partial charge in [-0.3, -0.25) is 9.59 Å². The maximum absolute atomic E-state index is 13.0. The SMILES string of the molecule is C[C@@H]1CCCCN1CCCNC(=O)[C@@H](C)n1c2ccccc2c2cnn(C)c(=O)c21. The van der Waals surface area contributed by atoms with E-state index in [-0.39, 0.29) is 11.5 Å². The molecule has 0 unspecified atom stereocenters. The fourth-order valence-electron chi connectivity index (χ4n) is 4.64. The lowest BCUT2D eigenvalue weighted by Gasteiger charge is -2.33. The zero-order chi connectivity index (χ0) is 21.3. The molecule has 0 aliphatic carbocycles. The molecule has 7 heteroatoms. The minimum absolute atomic E-state index is 0.0665.